The van der Waals surface area contributed by atoms with Crippen LogP contribution in [0.1, 0.15) is 35.1 Å². The summed E-state index contributed by atoms with van der Waals surface area (Å²) in [6.07, 6.45) is 2.42. The van der Waals surface area contributed by atoms with Crippen molar-refractivity contribution >= 4 is 41.0 Å². The van der Waals surface area contributed by atoms with Gasteiger partial charge in [0.1, 0.15) is 11.0 Å². The van der Waals surface area contributed by atoms with Crippen LogP contribution in [-0.4, -0.2) is 42.1 Å². The van der Waals surface area contributed by atoms with Gasteiger partial charge in [0.05, 0.1) is 16.3 Å². The Balaban J connectivity index is 1.24. The average molecular weight is 593 g/mol. The quantitative estimate of drug-likeness (QED) is 0.249. The van der Waals surface area contributed by atoms with E-state index in [9.17, 15) is 22.4 Å². The van der Waals surface area contributed by atoms with Gasteiger partial charge in [0.25, 0.3) is 0 Å². The van der Waals surface area contributed by atoms with Gasteiger partial charge in [-0.05, 0) is 79.0 Å². The molecule has 5 nitrogen and oxygen atoms in total. The maximum Gasteiger partial charge on any atom is 0.416 e. The molecule has 210 valence electrons. The molecular formula is C29H26Cl2F4N4O. The molecule has 1 aromatic heterocycles. The summed E-state index contributed by atoms with van der Waals surface area (Å²) in [6.45, 7) is 2.75. The lowest BCUT2D eigenvalue weighted by atomic mass is 9.74. The Hall–Kier alpha value is -3.14. The van der Waals surface area contributed by atoms with Crippen LogP contribution >= 0.6 is 23.2 Å². The summed E-state index contributed by atoms with van der Waals surface area (Å²) in [7, 11) is 0. The van der Waals surface area contributed by atoms with E-state index >= 15 is 0 Å². The van der Waals surface area contributed by atoms with E-state index in [1.54, 1.807) is 35.4 Å². The number of pyridine rings is 1. The Labute approximate surface area is 239 Å². The number of urea groups is 1. The first kappa shape index (κ1) is 28.4. The highest BCUT2D eigenvalue weighted by molar-refractivity contribution is 6.31. The summed E-state index contributed by atoms with van der Waals surface area (Å²) in [5.74, 6) is -0.581. The van der Waals surface area contributed by atoms with E-state index in [0.29, 0.717) is 29.5 Å². The van der Waals surface area contributed by atoms with E-state index in [1.165, 1.54) is 18.2 Å². The normalized spacial score (nSPS) is 17.0. The number of fused-ring (bicyclic) bond motifs is 2. The van der Waals surface area contributed by atoms with Crippen molar-refractivity contribution in [3.05, 3.63) is 99.1 Å². The SMILES string of the molecule is O=C(NCc1ccnc(Cl)c1)N1CC2(CCN(CC=Cc3ccc(C(F)(F)F)cc3)CC2)c2cc(Cl)c(F)cc21. The van der Waals surface area contributed by atoms with Crippen molar-refractivity contribution in [3.8, 4) is 0 Å². The topological polar surface area (TPSA) is 48.5 Å². The lowest BCUT2D eigenvalue weighted by molar-refractivity contribution is -0.137. The average Bonchev–Trinajstić information content (AvgIpc) is 3.21. The van der Waals surface area contributed by atoms with Gasteiger partial charge in [0.2, 0.25) is 0 Å². The van der Waals surface area contributed by atoms with Crippen LogP contribution in [0.2, 0.25) is 10.2 Å². The molecule has 3 aromatic rings. The smallest absolute Gasteiger partial charge is 0.334 e. The number of likely N-dealkylation sites (tertiary alicyclic amines) is 1. The summed E-state index contributed by atoms with van der Waals surface area (Å²) in [6, 6.07) is 11.1. The highest BCUT2D eigenvalue weighted by atomic mass is 35.5. The first-order valence-corrected chi connectivity index (χ1v) is 13.5. The third-order valence-electron chi connectivity index (χ3n) is 7.57. The molecule has 1 N–H and O–H groups in total. The largest absolute Gasteiger partial charge is 0.416 e. The van der Waals surface area contributed by atoms with Crippen molar-refractivity contribution < 1.29 is 22.4 Å². The molecule has 40 heavy (non-hydrogen) atoms. The predicted molar refractivity (Wildman–Crippen MR) is 148 cm³/mol. The zero-order valence-electron chi connectivity index (χ0n) is 21.3. The zero-order valence-corrected chi connectivity index (χ0v) is 22.8. The second-order valence-corrected chi connectivity index (χ2v) is 10.9. The van der Waals surface area contributed by atoms with Crippen LogP contribution in [0.25, 0.3) is 6.08 Å². The maximum absolute atomic E-state index is 14.5. The monoisotopic (exact) mass is 592 g/mol. The minimum atomic E-state index is -4.36. The van der Waals surface area contributed by atoms with Crippen LogP contribution in [0.3, 0.4) is 0 Å². The molecule has 11 heteroatoms. The number of piperidine rings is 1. The number of alkyl halides is 3. The summed E-state index contributed by atoms with van der Waals surface area (Å²) < 4.78 is 52.8. The van der Waals surface area contributed by atoms with Gasteiger partial charge in [-0.15, -0.1) is 0 Å². The molecule has 0 radical (unpaired) electrons. The molecular weight excluding hydrogens is 567 g/mol. The third kappa shape index (κ3) is 6.11. The van der Waals surface area contributed by atoms with Gasteiger partial charge in [0.15, 0.2) is 0 Å². The molecule has 0 bridgehead atoms. The van der Waals surface area contributed by atoms with E-state index < -0.39 is 17.6 Å². The molecule has 1 saturated heterocycles. The molecule has 1 spiro atoms. The molecule has 2 aliphatic rings. The molecule has 2 amide bonds. The molecule has 0 saturated carbocycles. The van der Waals surface area contributed by atoms with E-state index in [4.69, 9.17) is 23.2 Å². The van der Waals surface area contributed by atoms with E-state index in [2.05, 4.69) is 15.2 Å². The molecule has 2 aromatic carbocycles. The standard InChI is InChI=1S/C29H26Cl2F4N4O/c30-23-15-22-25(16-24(23)32)39(27(40)37-17-20-7-10-36-26(31)14-20)18-28(22)8-12-38(13-9-28)11-1-2-19-3-5-21(6-4-19)29(33,34)35/h1-7,10,14-16H,8-9,11-13,17-18H2,(H,37,40). The Bertz CT molecular complexity index is 1420. The Morgan fingerprint density at radius 3 is 2.48 bits per heavy atom. The van der Waals surface area contributed by atoms with Crippen molar-refractivity contribution in [2.45, 2.75) is 31.0 Å². The van der Waals surface area contributed by atoms with Crippen molar-refractivity contribution in [2.75, 3.05) is 31.1 Å². The number of carbonyl (C=O) groups excluding carboxylic acids is 1. The number of nitrogens with one attached hydrogen (secondary N) is 1. The van der Waals surface area contributed by atoms with Crippen LogP contribution in [0.15, 0.2) is 60.8 Å². The second-order valence-electron chi connectivity index (χ2n) is 10.1. The Kier molecular flexibility index (Phi) is 8.08. The predicted octanol–water partition coefficient (Wildman–Crippen LogP) is 7.32. The summed E-state index contributed by atoms with van der Waals surface area (Å²) >= 11 is 12.1. The van der Waals surface area contributed by atoms with Crippen LogP contribution in [0, 0.1) is 5.82 Å². The molecule has 0 atom stereocenters. The van der Waals surface area contributed by atoms with Crippen molar-refractivity contribution in [2.24, 2.45) is 0 Å². The Morgan fingerprint density at radius 2 is 1.80 bits per heavy atom. The van der Waals surface area contributed by atoms with Crippen molar-refractivity contribution in [1.82, 2.24) is 15.2 Å². The summed E-state index contributed by atoms with van der Waals surface area (Å²) in [4.78, 5) is 21.0. The first-order valence-electron chi connectivity index (χ1n) is 12.8. The second kappa shape index (κ2) is 11.4. The number of hydrogen-bond donors (Lipinski definition) is 1. The number of rotatable bonds is 5. The highest BCUT2D eigenvalue weighted by Crippen LogP contribution is 2.48. The number of anilines is 1. The van der Waals surface area contributed by atoms with Gasteiger partial charge in [-0.1, -0.05) is 47.5 Å². The van der Waals surface area contributed by atoms with Gasteiger partial charge in [-0.2, -0.15) is 13.2 Å². The number of halogens is 6. The minimum Gasteiger partial charge on any atom is -0.334 e. The number of amides is 2. The molecule has 1 fully saturated rings. The summed E-state index contributed by atoms with van der Waals surface area (Å²) in [5, 5.41) is 3.24. The van der Waals surface area contributed by atoms with Gasteiger partial charge < -0.3 is 5.32 Å². The number of benzene rings is 2. The molecule has 2 aliphatic heterocycles. The molecule has 0 aliphatic carbocycles. The molecule has 3 heterocycles. The van der Waals surface area contributed by atoms with Crippen LogP contribution in [0.4, 0.5) is 28.0 Å². The van der Waals surface area contributed by atoms with Gasteiger partial charge in [-0.3, -0.25) is 9.80 Å². The van der Waals surface area contributed by atoms with Gasteiger partial charge in [-0.25, -0.2) is 14.2 Å². The number of aromatic nitrogens is 1. The first-order chi connectivity index (χ1) is 19.0. The van der Waals surface area contributed by atoms with Gasteiger partial charge >= 0.3 is 12.2 Å². The lowest BCUT2D eigenvalue weighted by Gasteiger charge is -2.39. The molecule has 0 unspecified atom stereocenters. The van der Waals surface area contributed by atoms with Gasteiger partial charge in [0, 0.05) is 31.2 Å². The van der Waals surface area contributed by atoms with Crippen molar-refractivity contribution in [3.63, 3.8) is 0 Å². The fraction of sp³-hybridized carbons (Fsp3) is 0.310. The van der Waals surface area contributed by atoms with Crippen LogP contribution < -0.4 is 10.2 Å². The zero-order chi connectivity index (χ0) is 28.5. The van der Waals surface area contributed by atoms with Crippen molar-refractivity contribution in [1.29, 1.82) is 0 Å². The number of nitrogens with zero attached hydrogens (tertiary/aromatic N) is 3. The minimum absolute atomic E-state index is 0.0220. The lowest BCUT2D eigenvalue weighted by Crippen LogP contribution is -2.47. The highest BCUT2D eigenvalue weighted by Gasteiger charge is 2.46. The Morgan fingerprint density at radius 1 is 1.07 bits per heavy atom. The maximum atomic E-state index is 14.5. The third-order valence-corrected chi connectivity index (χ3v) is 8.06. The summed E-state index contributed by atoms with van der Waals surface area (Å²) in [5.41, 5.74) is 1.83. The number of hydrogen-bond acceptors (Lipinski definition) is 3. The van der Waals surface area contributed by atoms with E-state index in [0.717, 1.165) is 49.2 Å². The molecule has 5 rings (SSSR count). The number of carbonyl (C=O) groups is 1. The van der Waals surface area contributed by atoms with Crippen LogP contribution in [-0.2, 0) is 18.1 Å². The fourth-order valence-corrected chi connectivity index (χ4v) is 5.74. The van der Waals surface area contributed by atoms with E-state index in [1.807, 2.05) is 6.08 Å². The van der Waals surface area contributed by atoms with Crippen LogP contribution in [0.5, 0.6) is 0 Å². The fourth-order valence-electron chi connectivity index (χ4n) is 5.38. The van der Waals surface area contributed by atoms with E-state index in [-0.39, 0.29) is 23.0 Å².